The molecular weight excluding hydrogens is 568 g/mol. The number of rotatable bonds is 10. The second-order valence-electron chi connectivity index (χ2n) is 7.09. The summed E-state index contributed by atoms with van der Waals surface area (Å²) in [5.74, 6) is 0.187. The number of amides is 2. The van der Waals surface area contributed by atoms with Gasteiger partial charge >= 0.3 is 6.18 Å². The Balaban J connectivity index is 1.53. The molecule has 0 saturated carbocycles. The van der Waals surface area contributed by atoms with Crippen LogP contribution in [0.2, 0.25) is 0 Å². The summed E-state index contributed by atoms with van der Waals surface area (Å²) in [5, 5.41) is 23.7. The summed E-state index contributed by atoms with van der Waals surface area (Å²) in [5.41, 5.74) is -0.702. The first kappa shape index (κ1) is 27.1. The Kier molecular flexibility index (Phi) is 8.83. The predicted octanol–water partition coefficient (Wildman–Crippen LogP) is 4.97. The maximum absolute atomic E-state index is 13.4. The van der Waals surface area contributed by atoms with Gasteiger partial charge in [-0.3, -0.25) is 19.5 Å². The number of halogens is 3. The van der Waals surface area contributed by atoms with E-state index in [1.807, 2.05) is 6.92 Å². The quantitative estimate of drug-likeness (QED) is 0.198. The molecule has 0 fully saturated rings. The van der Waals surface area contributed by atoms with Crippen LogP contribution in [0, 0.1) is 0 Å². The number of thioether (sulfide) groups is 2. The van der Waals surface area contributed by atoms with Crippen LogP contribution in [0.1, 0.15) is 28.0 Å². The van der Waals surface area contributed by atoms with E-state index in [9.17, 15) is 22.8 Å². The number of carbonyl (C=O) groups is 2. The maximum atomic E-state index is 13.4. The van der Waals surface area contributed by atoms with Gasteiger partial charge in [0.25, 0.3) is 5.91 Å². The van der Waals surface area contributed by atoms with Crippen LogP contribution in [0.15, 0.2) is 51.3 Å². The summed E-state index contributed by atoms with van der Waals surface area (Å²) in [7, 11) is 0. The van der Waals surface area contributed by atoms with Crippen molar-refractivity contribution in [2.75, 3.05) is 16.8 Å². The van der Waals surface area contributed by atoms with E-state index in [1.165, 1.54) is 51.1 Å². The van der Waals surface area contributed by atoms with Crippen LogP contribution in [0.25, 0.3) is 5.69 Å². The smallest absolute Gasteiger partial charge is 0.344 e. The van der Waals surface area contributed by atoms with Crippen molar-refractivity contribution < 1.29 is 22.8 Å². The van der Waals surface area contributed by atoms with Crippen molar-refractivity contribution in [3.63, 3.8) is 0 Å². The van der Waals surface area contributed by atoms with E-state index in [1.54, 1.807) is 17.5 Å². The van der Waals surface area contributed by atoms with Crippen molar-refractivity contribution in [1.82, 2.24) is 30.3 Å². The van der Waals surface area contributed by atoms with Crippen molar-refractivity contribution in [2.45, 2.75) is 29.1 Å². The Bertz CT molecular complexity index is 1370. The van der Waals surface area contributed by atoms with Gasteiger partial charge in [0.05, 0.1) is 28.4 Å². The van der Waals surface area contributed by atoms with E-state index in [2.05, 4.69) is 31.0 Å². The molecule has 0 radical (unpaired) electrons. The van der Waals surface area contributed by atoms with Crippen molar-refractivity contribution in [3.8, 4) is 5.69 Å². The SMILES string of the molecule is CCSc1nnc(NC(=O)CSc2nnc(CNC(=O)c3cccs3)n2-c2cccc(C(F)(F)F)c2)s1. The first-order valence-electron chi connectivity index (χ1n) is 10.6. The number of nitrogens with one attached hydrogen (secondary N) is 2. The molecule has 1 aromatic carbocycles. The average molecular weight is 586 g/mol. The van der Waals surface area contributed by atoms with Gasteiger partial charge in [-0.1, -0.05) is 53.9 Å². The molecule has 0 saturated heterocycles. The molecule has 3 heterocycles. The third kappa shape index (κ3) is 7.09. The van der Waals surface area contributed by atoms with Gasteiger partial charge in [0.2, 0.25) is 11.0 Å². The first-order valence-corrected chi connectivity index (χ1v) is 14.2. The molecule has 0 spiro atoms. The second kappa shape index (κ2) is 12.1. The van der Waals surface area contributed by atoms with E-state index >= 15 is 0 Å². The van der Waals surface area contributed by atoms with Crippen LogP contribution in [0.4, 0.5) is 18.3 Å². The van der Waals surface area contributed by atoms with Gasteiger partial charge in [0, 0.05) is 0 Å². The summed E-state index contributed by atoms with van der Waals surface area (Å²) < 4.78 is 42.2. The highest BCUT2D eigenvalue weighted by molar-refractivity contribution is 8.01. The largest absolute Gasteiger partial charge is 0.416 e. The molecule has 2 N–H and O–H groups in total. The van der Waals surface area contributed by atoms with Gasteiger partial charge in [-0.25, -0.2) is 0 Å². The van der Waals surface area contributed by atoms with Crippen molar-refractivity contribution in [2.24, 2.45) is 0 Å². The molecular formula is C21H18F3N7O2S4. The number of anilines is 1. The standard InChI is InChI=1S/C21H18F3N7O2S4/c1-2-34-20-30-28-18(37-20)26-16(32)11-36-19-29-27-15(10-25-17(33)14-7-4-8-35-14)31(19)13-6-3-5-12(9-13)21(22,23)24/h3-9H,2,10-11H2,1H3,(H,25,33)(H,26,28,32). The molecule has 0 atom stereocenters. The second-order valence-corrected chi connectivity index (χ2v) is 11.5. The van der Waals surface area contributed by atoms with Gasteiger partial charge in [-0.15, -0.1) is 31.7 Å². The molecule has 9 nitrogen and oxygen atoms in total. The molecule has 0 unspecified atom stereocenters. The number of carbonyl (C=O) groups excluding carboxylic acids is 2. The minimum Gasteiger partial charge on any atom is -0.344 e. The van der Waals surface area contributed by atoms with Crippen LogP contribution >= 0.6 is 46.2 Å². The van der Waals surface area contributed by atoms with Gasteiger partial charge in [0.1, 0.15) is 0 Å². The Labute approximate surface area is 225 Å². The lowest BCUT2D eigenvalue weighted by molar-refractivity contribution is -0.137. The van der Waals surface area contributed by atoms with E-state index in [0.717, 1.165) is 34.0 Å². The van der Waals surface area contributed by atoms with Crippen molar-refractivity contribution in [3.05, 3.63) is 58.0 Å². The fraction of sp³-hybridized carbons (Fsp3) is 0.238. The van der Waals surface area contributed by atoms with Crippen LogP contribution in [0.3, 0.4) is 0 Å². The summed E-state index contributed by atoms with van der Waals surface area (Å²) in [6.07, 6.45) is -4.55. The summed E-state index contributed by atoms with van der Waals surface area (Å²) in [6.45, 7) is 1.89. The van der Waals surface area contributed by atoms with E-state index in [0.29, 0.717) is 10.0 Å². The summed E-state index contributed by atoms with van der Waals surface area (Å²) in [4.78, 5) is 25.3. The molecule has 0 aliphatic heterocycles. The van der Waals surface area contributed by atoms with Crippen molar-refractivity contribution in [1.29, 1.82) is 0 Å². The van der Waals surface area contributed by atoms with Gasteiger partial charge in [-0.05, 0) is 35.4 Å². The Morgan fingerprint density at radius 2 is 1.92 bits per heavy atom. The summed E-state index contributed by atoms with van der Waals surface area (Å²) in [6, 6.07) is 8.05. The number of hydrogen-bond acceptors (Lipinski definition) is 10. The lowest BCUT2D eigenvalue weighted by Gasteiger charge is -2.13. The monoisotopic (exact) mass is 585 g/mol. The Hall–Kier alpha value is -2.95. The number of aromatic nitrogens is 5. The predicted molar refractivity (Wildman–Crippen MR) is 138 cm³/mol. The topological polar surface area (TPSA) is 115 Å². The fourth-order valence-corrected chi connectivity index (χ4v) is 6.05. The maximum Gasteiger partial charge on any atom is 0.416 e. The highest BCUT2D eigenvalue weighted by Gasteiger charge is 2.31. The number of thiophene rings is 1. The highest BCUT2D eigenvalue weighted by atomic mass is 32.2. The zero-order chi connectivity index (χ0) is 26.4. The summed E-state index contributed by atoms with van der Waals surface area (Å²) >= 11 is 4.99. The van der Waals surface area contributed by atoms with Crippen LogP contribution in [-0.4, -0.2) is 48.3 Å². The van der Waals surface area contributed by atoms with E-state index in [4.69, 9.17) is 0 Å². The molecule has 16 heteroatoms. The zero-order valence-electron chi connectivity index (χ0n) is 19.0. The van der Waals surface area contributed by atoms with Crippen LogP contribution < -0.4 is 10.6 Å². The Morgan fingerprint density at radius 3 is 2.65 bits per heavy atom. The lowest BCUT2D eigenvalue weighted by Crippen LogP contribution is -2.24. The van der Waals surface area contributed by atoms with Crippen LogP contribution in [-0.2, 0) is 17.5 Å². The normalized spacial score (nSPS) is 11.5. The minimum absolute atomic E-state index is 0.0879. The van der Waals surface area contributed by atoms with Gasteiger partial charge in [0.15, 0.2) is 15.3 Å². The van der Waals surface area contributed by atoms with Gasteiger partial charge in [-0.2, -0.15) is 13.2 Å². The number of alkyl halides is 3. The van der Waals surface area contributed by atoms with E-state index in [-0.39, 0.29) is 40.8 Å². The van der Waals surface area contributed by atoms with Gasteiger partial charge < -0.3 is 5.32 Å². The zero-order valence-corrected chi connectivity index (χ0v) is 22.2. The van der Waals surface area contributed by atoms with Crippen molar-refractivity contribution >= 4 is 63.1 Å². The lowest BCUT2D eigenvalue weighted by atomic mass is 10.2. The average Bonchev–Trinajstić information content (AvgIpc) is 3.63. The van der Waals surface area contributed by atoms with Crippen LogP contribution in [0.5, 0.6) is 0 Å². The molecule has 3 aromatic heterocycles. The molecule has 4 aromatic rings. The highest BCUT2D eigenvalue weighted by Crippen LogP contribution is 2.32. The first-order chi connectivity index (χ1) is 17.7. The molecule has 2 amide bonds. The fourth-order valence-electron chi connectivity index (χ4n) is 2.97. The van der Waals surface area contributed by atoms with E-state index < -0.39 is 11.7 Å². The molecule has 0 aliphatic carbocycles. The third-order valence-electron chi connectivity index (χ3n) is 4.54. The Morgan fingerprint density at radius 1 is 1.08 bits per heavy atom. The molecule has 4 rings (SSSR count). The number of nitrogens with zero attached hydrogens (tertiary/aromatic N) is 5. The minimum atomic E-state index is -4.55. The third-order valence-corrected chi connectivity index (χ3v) is 8.19. The molecule has 37 heavy (non-hydrogen) atoms. The molecule has 0 bridgehead atoms. The molecule has 194 valence electrons. The molecule has 0 aliphatic rings. The number of benzene rings is 1. The number of hydrogen-bond donors (Lipinski definition) is 2.